The van der Waals surface area contributed by atoms with Crippen molar-refractivity contribution in [2.75, 3.05) is 32.2 Å². The van der Waals surface area contributed by atoms with Gasteiger partial charge in [0.1, 0.15) is 12.4 Å². The van der Waals surface area contributed by atoms with Gasteiger partial charge in [0, 0.05) is 17.8 Å². The van der Waals surface area contributed by atoms with Crippen molar-refractivity contribution in [1.82, 2.24) is 0 Å². The van der Waals surface area contributed by atoms with E-state index in [0.717, 1.165) is 6.42 Å². The number of hydrogen-bond acceptors (Lipinski definition) is 5. The number of rotatable bonds is 10. The largest absolute Gasteiger partial charge is 0.493 e. The normalized spacial score (nSPS) is 10.6. The molecule has 0 aliphatic rings. The van der Waals surface area contributed by atoms with Gasteiger partial charge in [-0.2, -0.15) is 0 Å². The SMILES string of the molecule is COc1cc(C(=O)Nc2ccc(OCCN)cc2)ccc1OCCC(C)C. The summed E-state index contributed by atoms with van der Waals surface area (Å²) in [5, 5.41) is 2.85. The molecule has 0 unspecified atom stereocenters. The van der Waals surface area contributed by atoms with Crippen molar-refractivity contribution in [2.45, 2.75) is 20.3 Å². The third kappa shape index (κ3) is 6.49. The molecule has 0 fully saturated rings. The van der Waals surface area contributed by atoms with E-state index in [2.05, 4.69) is 19.2 Å². The minimum absolute atomic E-state index is 0.224. The maximum absolute atomic E-state index is 12.5. The molecule has 0 bridgehead atoms. The van der Waals surface area contributed by atoms with Crippen molar-refractivity contribution < 1.29 is 19.0 Å². The molecule has 1 amide bonds. The molecule has 3 N–H and O–H groups in total. The number of carbonyl (C=O) groups is 1. The lowest BCUT2D eigenvalue weighted by atomic mass is 10.1. The van der Waals surface area contributed by atoms with Crippen LogP contribution < -0.4 is 25.3 Å². The third-order valence-electron chi connectivity index (χ3n) is 3.88. The second-order valence-electron chi connectivity index (χ2n) is 6.51. The molecule has 0 spiro atoms. The number of carbonyl (C=O) groups excluding carboxylic acids is 1. The Morgan fingerprint density at radius 1 is 1.04 bits per heavy atom. The Hall–Kier alpha value is -2.73. The summed E-state index contributed by atoms with van der Waals surface area (Å²) in [6.45, 7) is 5.81. The van der Waals surface area contributed by atoms with Crippen LogP contribution in [0.15, 0.2) is 42.5 Å². The molecule has 6 heteroatoms. The lowest BCUT2D eigenvalue weighted by Crippen LogP contribution is -2.13. The van der Waals surface area contributed by atoms with Crippen molar-refractivity contribution in [3.8, 4) is 17.2 Å². The molecule has 0 heterocycles. The molecule has 0 saturated heterocycles. The van der Waals surface area contributed by atoms with E-state index < -0.39 is 0 Å². The highest BCUT2D eigenvalue weighted by molar-refractivity contribution is 6.04. The first-order valence-electron chi connectivity index (χ1n) is 9.08. The van der Waals surface area contributed by atoms with Crippen LogP contribution in [-0.4, -0.2) is 32.8 Å². The van der Waals surface area contributed by atoms with Crippen molar-refractivity contribution in [3.05, 3.63) is 48.0 Å². The van der Waals surface area contributed by atoms with Crippen LogP contribution in [0, 0.1) is 5.92 Å². The summed E-state index contributed by atoms with van der Waals surface area (Å²) < 4.78 is 16.5. The molecule has 0 atom stereocenters. The quantitative estimate of drug-likeness (QED) is 0.664. The first-order chi connectivity index (χ1) is 13.0. The summed E-state index contributed by atoms with van der Waals surface area (Å²) in [5.74, 6) is 2.22. The minimum Gasteiger partial charge on any atom is -0.493 e. The van der Waals surface area contributed by atoms with Gasteiger partial charge in [-0.3, -0.25) is 4.79 Å². The molecule has 0 aromatic heterocycles. The molecule has 6 nitrogen and oxygen atoms in total. The van der Waals surface area contributed by atoms with Gasteiger partial charge in [0.2, 0.25) is 0 Å². The highest BCUT2D eigenvalue weighted by Crippen LogP contribution is 2.29. The summed E-state index contributed by atoms with van der Waals surface area (Å²) in [4.78, 5) is 12.5. The van der Waals surface area contributed by atoms with Gasteiger partial charge in [0.25, 0.3) is 5.91 Å². The second-order valence-corrected chi connectivity index (χ2v) is 6.51. The summed E-state index contributed by atoms with van der Waals surface area (Å²) in [6, 6.07) is 12.3. The Labute approximate surface area is 160 Å². The van der Waals surface area contributed by atoms with E-state index in [-0.39, 0.29) is 5.91 Å². The number of hydrogen-bond donors (Lipinski definition) is 2. The average Bonchev–Trinajstić information content (AvgIpc) is 2.67. The highest BCUT2D eigenvalue weighted by atomic mass is 16.5. The molecule has 2 aromatic carbocycles. The first kappa shape index (κ1) is 20.6. The highest BCUT2D eigenvalue weighted by Gasteiger charge is 2.12. The number of ether oxygens (including phenoxy) is 3. The monoisotopic (exact) mass is 372 g/mol. The maximum Gasteiger partial charge on any atom is 0.255 e. The zero-order valence-corrected chi connectivity index (χ0v) is 16.2. The summed E-state index contributed by atoms with van der Waals surface area (Å²) >= 11 is 0. The Morgan fingerprint density at radius 2 is 1.78 bits per heavy atom. The average molecular weight is 372 g/mol. The van der Waals surface area contributed by atoms with Crippen LogP contribution >= 0.6 is 0 Å². The topological polar surface area (TPSA) is 82.8 Å². The van der Waals surface area contributed by atoms with Gasteiger partial charge in [0.05, 0.1) is 13.7 Å². The summed E-state index contributed by atoms with van der Waals surface area (Å²) in [7, 11) is 1.56. The Kier molecular flexibility index (Phi) is 7.95. The van der Waals surface area contributed by atoms with E-state index >= 15 is 0 Å². The molecule has 0 aliphatic carbocycles. The van der Waals surface area contributed by atoms with Gasteiger partial charge >= 0.3 is 0 Å². The molecule has 2 aromatic rings. The van der Waals surface area contributed by atoms with Crippen LogP contribution in [0.3, 0.4) is 0 Å². The van der Waals surface area contributed by atoms with Gasteiger partial charge in [0.15, 0.2) is 11.5 Å². The van der Waals surface area contributed by atoms with Gasteiger partial charge in [-0.15, -0.1) is 0 Å². The predicted molar refractivity (Wildman–Crippen MR) is 107 cm³/mol. The molecule has 27 heavy (non-hydrogen) atoms. The molecular weight excluding hydrogens is 344 g/mol. The maximum atomic E-state index is 12.5. The standard InChI is InChI=1S/C21H28N2O4/c1-15(2)10-12-27-19-9-4-16(14-20(19)25-3)21(24)23-17-5-7-18(8-6-17)26-13-11-22/h4-9,14-15H,10-13,22H2,1-3H3,(H,23,24). The van der Waals surface area contributed by atoms with Gasteiger partial charge in [-0.25, -0.2) is 0 Å². The molecule has 2 rings (SSSR count). The molecule has 146 valence electrons. The number of methoxy groups -OCH3 is 1. The lowest BCUT2D eigenvalue weighted by Gasteiger charge is -2.13. The second kappa shape index (κ2) is 10.4. The lowest BCUT2D eigenvalue weighted by molar-refractivity contribution is 0.102. The van der Waals surface area contributed by atoms with Crippen molar-refractivity contribution in [2.24, 2.45) is 11.7 Å². The fourth-order valence-electron chi connectivity index (χ4n) is 2.35. The molecule has 0 saturated carbocycles. The fraction of sp³-hybridized carbons (Fsp3) is 0.381. The van der Waals surface area contributed by atoms with Crippen molar-refractivity contribution in [3.63, 3.8) is 0 Å². The fourth-order valence-corrected chi connectivity index (χ4v) is 2.35. The summed E-state index contributed by atoms with van der Waals surface area (Å²) in [6.07, 6.45) is 0.955. The molecule has 0 radical (unpaired) electrons. The van der Waals surface area contributed by atoms with E-state index in [1.165, 1.54) is 0 Å². The minimum atomic E-state index is -0.224. The first-order valence-corrected chi connectivity index (χ1v) is 9.08. The van der Waals surface area contributed by atoms with E-state index in [4.69, 9.17) is 19.9 Å². The Morgan fingerprint density at radius 3 is 2.41 bits per heavy atom. The number of benzene rings is 2. The Bertz CT molecular complexity index is 729. The number of amides is 1. The van der Waals surface area contributed by atoms with Crippen LogP contribution in [0.2, 0.25) is 0 Å². The van der Waals surface area contributed by atoms with Gasteiger partial charge in [-0.1, -0.05) is 13.8 Å². The van der Waals surface area contributed by atoms with E-state index in [9.17, 15) is 4.79 Å². The van der Waals surface area contributed by atoms with Gasteiger partial charge in [-0.05, 0) is 54.8 Å². The zero-order valence-electron chi connectivity index (χ0n) is 16.2. The number of nitrogens with two attached hydrogens (primary N) is 1. The molecule has 0 aliphatic heterocycles. The number of nitrogens with one attached hydrogen (secondary N) is 1. The summed E-state index contributed by atoms with van der Waals surface area (Å²) in [5.41, 5.74) is 6.58. The predicted octanol–water partition coefficient (Wildman–Crippen LogP) is 3.71. The third-order valence-corrected chi connectivity index (χ3v) is 3.88. The van der Waals surface area contributed by atoms with Crippen LogP contribution in [-0.2, 0) is 0 Å². The smallest absolute Gasteiger partial charge is 0.255 e. The van der Waals surface area contributed by atoms with Crippen LogP contribution in [0.5, 0.6) is 17.2 Å². The van der Waals surface area contributed by atoms with Crippen molar-refractivity contribution in [1.29, 1.82) is 0 Å². The number of anilines is 1. The van der Waals surface area contributed by atoms with Crippen LogP contribution in [0.1, 0.15) is 30.6 Å². The van der Waals surface area contributed by atoms with Crippen molar-refractivity contribution >= 4 is 11.6 Å². The molecular formula is C21H28N2O4. The van der Waals surface area contributed by atoms with Crippen LogP contribution in [0.25, 0.3) is 0 Å². The van der Waals surface area contributed by atoms with E-state index in [1.807, 2.05) is 0 Å². The van der Waals surface area contributed by atoms with Crippen LogP contribution in [0.4, 0.5) is 5.69 Å². The zero-order chi connectivity index (χ0) is 19.6. The van der Waals surface area contributed by atoms with E-state index in [0.29, 0.717) is 54.2 Å². The van der Waals surface area contributed by atoms with E-state index in [1.54, 1.807) is 49.6 Å². The van der Waals surface area contributed by atoms with Gasteiger partial charge < -0.3 is 25.3 Å². The Balaban J connectivity index is 2.01.